The van der Waals surface area contributed by atoms with Crippen molar-refractivity contribution in [3.05, 3.63) is 48.7 Å². The molecule has 6 nitrogen and oxygen atoms in total. The van der Waals surface area contributed by atoms with Gasteiger partial charge in [0.15, 0.2) is 0 Å². The van der Waals surface area contributed by atoms with Gasteiger partial charge in [0.25, 0.3) is 5.82 Å². The highest BCUT2D eigenvalue weighted by Crippen LogP contribution is 2.36. The van der Waals surface area contributed by atoms with Crippen molar-refractivity contribution in [1.82, 2.24) is 4.90 Å². The van der Waals surface area contributed by atoms with Crippen LogP contribution in [-0.4, -0.2) is 48.1 Å². The summed E-state index contributed by atoms with van der Waals surface area (Å²) >= 11 is 1.48. The highest BCUT2D eigenvalue weighted by atomic mass is 32.2. The van der Waals surface area contributed by atoms with Gasteiger partial charge in [0.05, 0.1) is 30.2 Å². The number of H-pyrrole nitrogens is 1. The summed E-state index contributed by atoms with van der Waals surface area (Å²) in [7, 11) is 0. The summed E-state index contributed by atoms with van der Waals surface area (Å²) in [5, 5.41) is 2.54. The van der Waals surface area contributed by atoms with E-state index in [1.165, 1.54) is 11.8 Å². The third-order valence-corrected chi connectivity index (χ3v) is 6.01. The number of rotatable bonds is 3. The highest BCUT2D eigenvalue weighted by molar-refractivity contribution is 8.01. The van der Waals surface area contributed by atoms with E-state index >= 15 is 0 Å². The normalized spacial score (nSPS) is 19.7. The fourth-order valence-corrected chi connectivity index (χ4v) is 4.39. The number of benzene rings is 1. The van der Waals surface area contributed by atoms with Gasteiger partial charge in [0, 0.05) is 17.4 Å². The molecular formula is C19H21N4O2S+. The number of amides is 2. The summed E-state index contributed by atoms with van der Waals surface area (Å²) in [6, 6.07) is 13.7. The quantitative estimate of drug-likeness (QED) is 0.893. The summed E-state index contributed by atoms with van der Waals surface area (Å²) in [6.45, 7) is 2.94. The van der Waals surface area contributed by atoms with E-state index in [2.05, 4.69) is 15.2 Å². The van der Waals surface area contributed by atoms with Crippen molar-refractivity contribution >= 4 is 35.1 Å². The van der Waals surface area contributed by atoms with E-state index < -0.39 is 0 Å². The van der Waals surface area contributed by atoms with Gasteiger partial charge in [-0.15, -0.1) is 11.8 Å². The van der Waals surface area contributed by atoms with Gasteiger partial charge in [0.1, 0.15) is 13.1 Å². The Kier molecular flexibility index (Phi) is 4.79. The lowest BCUT2D eigenvalue weighted by atomic mass is 10.2. The summed E-state index contributed by atoms with van der Waals surface area (Å²) < 4.78 is 0. The first kappa shape index (κ1) is 16.9. The topological polar surface area (TPSA) is 66.8 Å². The first-order valence-electron chi connectivity index (χ1n) is 8.77. The average Bonchev–Trinajstić information content (AvgIpc) is 2.69. The summed E-state index contributed by atoms with van der Waals surface area (Å²) in [4.78, 5) is 33.3. The van der Waals surface area contributed by atoms with E-state index in [4.69, 9.17) is 0 Å². The molecule has 7 heteroatoms. The van der Waals surface area contributed by atoms with Crippen LogP contribution in [0, 0.1) is 0 Å². The molecule has 4 rings (SSSR count). The number of nitrogens with zero attached hydrogens (tertiary/aromatic N) is 2. The molecule has 2 aromatic rings. The lowest BCUT2D eigenvalue weighted by molar-refractivity contribution is -0.364. The molecule has 3 heterocycles. The van der Waals surface area contributed by atoms with E-state index in [-0.39, 0.29) is 23.5 Å². The van der Waals surface area contributed by atoms with Crippen LogP contribution in [0.5, 0.6) is 0 Å². The third kappa shape index (κ3) is 3.53. The van der Waals surface area contributed by atoms with Gasteiger partial charge in [-0.2, -0.15) is 0 Å². The van der Waals surface area contributed by atoms with Gasteiger partial charge in [-0.25, -0.2) is 4.98 Å². The number of fused-ring (bicyclic) bond motifs is 1. The first-order valence-corrected chi connectivity index (χ1v) is 9.65. The predicted molar refractivity (Wildman–Crippen MR) is 101 cm³/mol. The number of aromatic amines is 1. The second-order valence-electron chi connectivity index (χ2n) is 6.41. The van der Waals surface area contributed by atoms with E-state index in [0.717, 1.165) is 29.5 Å². The molecule has 0 unspecified atom stereocenters. The summed E-state index contributed by atoms with van der Waals surface area (Å²) in [5.74, 6) is 1.03. The molecule has 1 saturated heterocycles. The lowest BCUT2D eigenvalue weighted by Gasteiger charge is -2.32. The SMILES string of the molecule is O=C1Nc2ccccc2S[C@H]1CC(=O)N1CCN(c2cccc[nH+]2)CC1. The molecule has 2 amide bonds. The molecule has 1 fully saturated rings. The lowest BCUT2D eigenvalue weighted by Crippen LogP contribution is -2.50. The number of thioether (sulfide) groups is 1. The number of hydrogen-bond acceptors (Lipinski definition) is 4. The second-order valence-corrected chi connectivity index (χ2v) is 7.66. The molecule has 2 N–H and O–H groups in total. The van der Waals surface area contributed by atoms with Crippen molar-refractivity contribution in [2.75, 3.05) is 36.4 Å². The van der Waals surface area contributed by atoms with Crippen molar-refractivity contribution in [3.63, 3.8) is 0 Å². The van der Waals surface area contributed by atoms with Crippen molar-refractivity contribution in [2.24, 2.45) is 0 Å². The molecule has 2 aliphatic heterocycles. The zero-order valence-electron chi connectivity index (χ0n) is 14.4. The fraction of sp³-hybridized carbons (Fsp3) is 0.316. The summed E-state index contributed by atoms with van der Waals surface area (Å²) in [6.07, 6.45) is 2.14. The monoisotopic (exact) mass is 369 g/mol. The van der Waals surface area contributed by atoms with Gasteiger partial charge in [-0.05, 0) is 18.2 Å². The zero-order chi connectivity index (χ0) is 17.9. The van der Waals surface area contributed by atoms with E-state index in [1.807, 2.05) is 53.6 Å². The van der Waals surface area contributed by atoms with E-state index in [0.29, 0.717) is 13.1 Å². The van der Waals surface area contributed by atoms with E-state index in [1.54, 1.807) is 0 Å². The van der Waals surface area contributed by atoms with E-state index in [9.17, 15) is 9.59 Å². The number of aromatic nitrogens is 1. The van der Waals surface area contributed by atoms with Crippen molar-refractivity contribution in [1.29, 1.82) is 0 Å². The number of carbonyl (C=O) groups excluding carboxylic acids is 2. The van der Waals surface area contributed by atoms with Crippen LogP contribution in [0.3, 0.4) is 0 Å². The Labute approximate surface area is 156 Å². The van der Waals surface area contributed by atoms with Gasteiger partial charge >= 0.3 is 0 Å². The van der Waals surface area contributed by atoms with Crippen LogP contribution in [0.4, 0.5) is 11.5 Å². The van der Waals surface area contributed by atoms with Crippen molar-refractivity contribution in [3.8, 4) is 0 Å². The average molecular weight is 369 g/mol. The molecule has 0 saturated carbocycles. The molecular weight excluding hydrogens is 348 g/mol. The van der Waals surface area contributed by atoms with Crippen molar-refractivity contribution in [2.45, 2.75) is 16.6 Å². The first-order chi connectivity index (χ1) is 12.7. The van der Waals surface area contributed by atoms with Gasteiger partial charge < -0.3 is 10.2 Å². The third-order valence-electron chi connectivity index (χ3n) is 4.73. The Morgan fingerprint density at radius 2 is 1.88 bits per heavy atom. The fourth-order valence-electron chi connectivity index (χ4n) is 3.29. The molecule has 0 radical (unpaired) electrons. The molecule has 0 aliphatic carbocycles. The maximum atomic E-state index is 12.7. The van der Waals surface area contributed by atoms with Crippen LogP contribution in [0.1, 0.15) is 6.42 Å². The Bertz CT molecular complexity index is 806. The Hall–Kier alpha value is -2.54. The van der Waals surface area contributed by atoms with Gasteiger partial charge in [0.2, 0.25) is 11.8 Å². The number of carbonyl (C=O) groups is 2. The number of hydrogen-bond donors (Lipinski definition) is 1. The molecule has 2 aliphatic rings. The number of piperazine rings is 1. The minimum atomic E-state index is -0.363. The van der Waals surface area contributed by atoms with Crippen molar-refractivity contribution < 1.29 is 14.6 Å². The number of anilines is 2. The molecule has 1 aromatic carbocycles. The molecule has 134 valence electrons. The van der Waals surface area contributed by atoms with Crippen LogP contribution in [0.25, 0.3) is 0 Å². The molecule has 0 bridgehead atoms. The van der Waals surface area contributed by atoms with Crippen LogP contribution >= 0.6 is 11.8 Å². The molecule has 0 spiro atoms. The van der Waals surface area contributed by atoms with Gasteiger partial charge in [-0.1, -0.05) is 18.2 Å². The summed E-state index contributed by atoms with van der Waals surface area (Å²) in [5.41, 5.74) is 0.832. The zero-order valence-corrected chi connectivity index (χ0v) is 15.2. The Morgan fingerprint density at radius 1 is 1.12 bits per heavy atom. The minimum absolute atomic E-state index is 0.0497. The highest BCUT2D eigenvalue weighted by Gasteiger charge is 2.32. The van der Waals surface area contributed by atoms with Crippen LogP contribution in [0.15, 0.2) is 53.6 Å². The number of pyridine rings is 1. The Balaban J connectivity index is 1.34. The standard InChI is InChI=1S/C19H20N4O2S/c24-18(13-16-19(25)21-14-5-1-2-6-15(14)26-16)23-11-9-22(10-12-23)17-7-3-4-8-20-17/h1-8,16H,9-13H2,(H,21,25)/p+1/t16-/m0/s1. The minimum Gasteiger partial charge on any atom is -0.335 e. The largest absolute Gasteiger partial charge is 0.335 e. The smallest absolute Gasteiger partial charge is 0.274 e. The van der Waals surface area contributed by atoms with Crippen LogP contribution < -0.4 is 15.2 Å². The Morgan fingerprint density at radius 3 is 2.65 bits per heavy atom. The molecule has 1 atom stereocenters. The van der Waals surface area contributed by atoms with Gasteiger partial charge in [-0.3, -0.25) is 14.5 Å². The molecule has 26 heavy (non-hydrogen) atoms. The number of para-hydroxylation sites is 1. The number of nitrogens with one attached hydrogen (secondary N) is 2. The van der Waals surface area contributed by atoms with Crippen LogP contribution in [-0.2, 0) is 9.59 Å². The second kappa shape index (κ2) is 7.37. The predicted octanol–water partition coefficient (Wildman–Crippen LogP) is 1.65. The van der Waals surface area contributed by atoms with Crippen LogP contribution in [0.2, 0.25) is 0 Å². The maximum Gasteiger partial charge on any atom is 0.274 e. The maximum absolute atomic E-state index is 12.7. The molecule has 1 aromatic heterocycles.